The van der Waals surface area contributed by atoms with Crippen LogP contribution in [0.2, 0.25) is 0 Å². The smallest absolute Gasteiger partial charge is 0.285 e. The van der Waals surface area contributed by atoms with E-state index in [1.807, 2.05) is 18.2 Å². The Hall–Kier alpha value is -1.48. The van der Waals surface area contributed by atoms with Crippen molar-refractivity contribution in [1.29, 1.82) is 0 Å². The first-order chi connectivity index (χ1) is 7.15. The van der Waals surface area contributed by atoms with E-state index in [-0.39, 0.29) is 5.56 Å². The van der Waals surface area contributed by atoms with Crippen LogP contribution < -0.4 is 5.73 Å². The zero-order valence-electron chi connectivity index (χ0n) is 8.08. The molecule has 15 heavy (non-hydrogen) atoms. The molecule has 3 heteroatoms. The van der Waals surface area contributed by atoms with Crippen molar-refractivity contribution in [1.82, 2.24) is 0 Å². The molecule has 0 fully saturated rings. The normalized spacial score (nSPS) is 11.9. The second-order valence-electron chi connectivity index (χ2n) is 3.44. The third-order valence-electron chi connectivity index (χ3n) is 2.44. The Morgan fingerprint density at radius 3 is 2.40 bits per heavy atom. The van der Waals surface area contributed by atoms with Crippen LogP contribution in [0.4, 0.5) is 8.78 Å². The molecule has 0 bridgehead atoms. The molecule has 2 rings (SSSR count). The number of hydrogen-bond acceptors (Lipinski definition) is 1. The molecule has 0 aliphatic carbocycles. The molecular weight excluding hydrogens is 196 g/mol. The molecule has 0 saturated heterocycles. The zero-order chi connectivity index (χ0) is 10.9. The molecule has 0 atom stereocenters. The lowest BCUT2D eigenvalue weighted by Gasteiger charge is -2.16. The third kappa shape index (κ3) is 1.70. The summed E-state index contributed by atoms with van der Waals surface area (Å²) in [5.74, 6) is -2.96. The van der Waals surface area contributed by atoms with Crippen LogP contribution >= 0.6 is 0 Å². The lowest BCUT2D eigenvalue weighted by molar-refractivity contribution is 0.00754. The van der Waals surface area contributed by atoms with Crippen molar-refractivity contribution in [3.05, 3.63) is 48.0 Å². The van der Waals surface area contributed by atoms with Crippen LogP contribution in [-0.4, -0.2) is 6.54 Å². The SMILES string of the molecule is NCC(F)(F)c1cccc2ccccc12. The highest BCUT2D eigenvalue weighted by atomic mass is 19.3. The fraction of sp³-hybridized carbons (Fsp3) is 0.167. The van der Waals surface area contributed by atoms with E-state index in [0.29, 0.717) is 5.39 Å². The van der Waals surface area contributed by atoms with Crippen LogP contribution in [0.5, 0.6) is 0 Å². The van der Waals surface area contributed by atoms with E-state index in [9.17, 15) is 8.78 Å². The summed E-state index contributed by atoms with van der Waals surface area (Å²) in [6.45, 7) is -0.666. The molecule has 2 aromatic carbocycles. The summed E-state index contributed by atoms with van der Waals surface area (Å²) in [6, 6.07) is 11.9. The van der Waals surface area contributed by atoms with Gasteiger partial charge in [0.05, 0.1) is 6.54 Å². The van der Waals surface area contributed by atoms with E-state index in [1.54, 1.807) is 18.2 Å². The van der Waals surface area contributed by atoms with Gasteiger partial charge in [-0.25, -0.2) is 0 Å². The first kappa shape index (κ1) is 10.1. The minimum absolute atomic E-state index is 0.00287. The Labute approximate surface area is 86.5 Å². The lowest BCUT2D eigenvalue weighted by atomic mass is 10.00. The summed E-state index contributed by atoms with van der Waals surface area (Å²) in [4.78, 5) is 0. The minimum atomic E-state index is -2.96. The molecule has 0 aliphatic rings. The quantitative estimate of drug-likeness (QED) is 0.805. The molecule has 0 radical (unpaired) electrons. The van der Waals surface area contributed by atoms with Gasteiger partial charge in [-0.05, 0) is 10.8 Å². The van der Waals surface area contributed by atoms with Crippen molar-refractivity contribution < 1.29 is 8.78 Å². The molecule has 2 N–H and O–H groups in total. The summed E-state index contributed by atoms with van der Waals surface area (Å²) < 4.78 is 27.0. The third-order valence-corrected chi connectivity index (χ3v) is 2.44. The fourth-order valence-corrected chi connectivity index (χ4v) is 1.65. The van der Waals surface area contributed by atoms with Crippen LogP contribution in [0, 0.1) is 0 Å². The highest BCUT2D eigenvalue weighted by Crippen LogP contribution is 2.32. The Kier molecular flexibility index (Phi) is 2.40. The van der Waals surface area contributed by atoms with Gasteiger partial charge in [-0.2, -0.15) is 8.78 Å². The van der Waals surface area contributed by atoms with Gasteiger partial charge >= 0.3 is 0 Å². The summed E-state index contributed by atoms with van der Waals surface area (Å²) >= 11 is 0. The number of rotatable bonds is 2. The summed E-state index contributed by atoms with van der Waals surface area (Å²) in [7, 11) is 0. The van der Waals surface area contributed by atoms with Crippen LogP contribution in [0.1, 0.15) is 5.56 Å². The molecule has 0 heterocycles. The van der Waals surface area contributed by atoms with Crippen molar-refractivity contribution in [2.45, 2.75) is 5.92 Å². The predicted octanol–water partition coefficient (Wildman–Crippen LogP) is 2.89. The lowest BCUT2D eigenvalue weighted by Crippen LogP contribution is -2.25. The first-order valence-electron chi connectivity index (χ1n) is 4.71. The van der Waals surface area contributed by atoms with Gasteiger partial charge in [0, 0.05) is 5.56 Å². The van der Waals surface area contributed by atoms with E-state index < -0.39 is 12.5 Å². The van der Waals surface area contributed by atoms with Gasteiger partial charge in [-0.3, -0.25) is 0 Å². The van der Waals surface area contributed by atoms with Crippen LogP contribution in [-0.2, 0) is 5.92 Å². The summed E-state index contributed by atoms with van der Waals surface area (Å²) in [6.07, 6.45) is 0. The molecule has 0 aromatic heterocycles. The van der Waals surface area contributed by atoms with Crippen LogP contribution in [0.3, 0.4) is 0 Å². The zero-order valence-corrected chi connectivity index (χ0v) is 8.08. The highest BCUT2D eigenvalue weighted by Gasteiger charge is 2.30. The Morgan fingerprint density at radius 2 is 1.67 bits per heavy atom. The monoisotopic (exact) mass is 207 g/mol. The maximum atomic E-state index is 13.5. The fourth-order valence-electron chi connectivity index (χ4n) is 1.65. The van der Waals surface area contributed by atoms with Gasteiger partial charge in [0.15, 0.2) is 0 Å². The van der Waals surface area contributed by atoms with E-state index in [4.69, 9.17) is 5.73 Å². The Balaban J connectivity index is 2.71. The van der Waals surface area contributed by atoms with Crippen molar-refractivity contribution in [3.63, 3.8) is 0 Å². The standard InChI is InChI=1S/C12H11F2N/c13-12(14,8-15)11-7-3-5-9-4-1-2-6-10(9)11/h1-7H,8,15H2. The summed E-state index contributed by atoms with van der Waals surface area (Å²) in [5.41, 5.74) is 5.08. The predicted molar refractivity (Wildman–Crippen MR) is 56.9 cm³/mol. The van der Waals surface area contributed by atoms with Gasteiger partial charge in [-0.15, -0.1) is 0 Å². The largest absolute Gasteiger partial charge is 0.325 e. The second-order valence-corrected chi connectivity index (χ2v) is 3.44. The number of halogens is 2. The maximum Gasteiger partial charge on any atom is 0.285 e. The van der Waals surface area contributed by atoms with Crippen LogP contribution in [0.25, 0.3) is 10.8 Å². The first-order valence-corrected chi connectivity index (χ1v) is 4.71. The number of alkyl halides is 2. The molecule has 0 aliphatic heterocycles. The second kappa shape index (κ2) is 3.59. The topological polar surface area (TPSA) is 26.0 Å². The van der Waals surface area contributed by atoms with Gasteiger partial charge in [0.25, 0.3) is 5.92 Å². The molecule has 1 nitrogen and oxygen atoms in total. The number of fused-ring (bicyclic) bond motifs is 1. The molecule has 2 aromatic rings. The average molecular weight is 207 g/mol. The Morgan fingerprint density at radius 1 is 1.00 bits per heavy atom. The van der Waals surface area contributed by atoms with Crippen molar-refractivity contribution in [3.8, 4) is 0 Å². The van der Waals surface area contributed by atoms with Gasteiger partial charge in [0.2, 0.25) is 0 Å². The number of benzene rings is 2. The van der Waals surface area contributed by atoms with Crippen molar-refractivity contribution >= 4 is 10.8 Å². The van der Waals surface area contributed by atoms with E-state index in [2.05, 4.69) is 0 Å². The number of hydrogen-bond donors (Lipinski definition) is 1. The highest BCUT2D eigenvalue weighted by molar-refractivity contribution is 5.86. The summed E-state index contributed by atoms with van der Waals surface area (Å²) in [5, 5.41) is 1.37. The van der Waals surface area contributed by atoms with Gasteiger partial charge < -0.3 is 5.73 Å². The van der Waals surface area contributed by atoms with Crippen molar-refractivity contribution in [2.24, 2.45) is 5.73 Å². The van der Waals surface area contributed by atoms with E-state index in [0.717, 1.165) is 5.39 Å². The van der Waals surface area contributed by atoms with Crippen molar-refractivity contribution in [2.75, 3.05) is 6.54 Å². The molecule has 78 valence electrons. The minimum Gasteiger partial charge on any atom is -0.325 e. The molecule has 0 saturated carbocycles. The molecule has 0 unspecified atom stereocenters. The maximum absolute atomic E-state index is 13.5. The molecular formula is C12H11F2N. The van der Waals surface area contributed by atoms with Crippen LogP contribution in [0.15, 0.2) is 42.5 Å². The molecule has 0 amide bonds. The Bertz CT molecular complexity index is 475. The van der Waals surface area contributed by atoms with E-state index >= 15 is 0 Å². The average Bonchev–Trinajstić information content (AvgIpc) is 2.28. The van der Waals surface area contributed by atoms with E-state index in [1.165, 1.54) is 6.07 Å². The number of nitrogens with two attached hydrogens (primary N) is 1. The molecule has 0 spiro atoms. The van der Waals surface area contributed by atoms with Gasteiger partial charge in [0.1, 0.15) is 0 Å². The van der Waals surface area contributed by atoms with Gasteiger partial charge in [-0.1, -0.05) is 42.5 Å².